The van der Waals surface area contributed by atoms with Gasteiger partial charge >= 0.3 is 12.1 Å². The van der Waals surface area contributed by atoms with Gasteiger partial charge in [-0.1, -0.05) is 12.1 Å². The number of carbonyl (C=O) groups excluding carboxylic acids is 2. The molecule has 0 radical (unpaired) electrons. The van der Waals surface area contributed by atoms with Crippen molar-refractivity contribution in [2.75, 3.05) is 24.1 Å². The molecule has 1 aliphatic heterocycles. The summed E-state index contributed by atoms with van der Waals surface area (Å²) >= 11 is 1.29. The Morgan fingerprint density at radius 2 is 1.76 bits per heavy atom. The van der Waals surface area contributed by atoms with Crippen molar-refractivity contribution in [3.63, 3.8) is 0 Å². The number of hydrogen-bond donors (Lipinski definition) is 4. The minimum absolute atomic E-state index is 0.000708. The van der Waals surface area contributed by atoms with Gasteiger partial charge in [0.05, 0.1) is 13.0 Å². The Bertz CT molecular complexity index is 1030. The molecule has 2 aromatic carbocycles. The van der Waals surface area contributed by atoms with Gasteiger partial charge in [0.25, 0.3) is 5.91 Å². The summed E-state index contributed by atoms with van der Waals surface area (Å²) in [6.45, 7) is 0. The Balaban J connectivity index is 1.60. The van der Waals surface area contributed by atoms with E-state index in [0.717, 1.165) is 4.90 Å². The SMILES string of the molecule is COc1ccc(C(=O)Nc2ccc(C[C@H](NC(=O)[C@H]3CSCN3C(=O)O)C(=O)O)cc2)cc1. The molecular weight excluding hydrogens is 450 g/mol. The highest BCUT2D eigenvalue weighted by Crippen LogP contribution is 2.21. The first-order chi connectivity index (χ1) is 15.8. The van der Waals surface area contributed by atoms with Crippen LogP contribution in [0.15, 0.2) is 48.5 Å². The molecule has 0 saturated carbocycles. The van der Waals surface area contributed by atoms with Crippen LogP contribution in [-0.4, -0.2) is 69.8 Å². The topological polar surface area (TPSA) is 145 Å². The van der Waals surface area contributed by atoms with Gasteiger partial charge in [-0.15, -0.1) is 11.8 Å². The third kappa shape index (κ3) is 6.16. The van der Waals surface area contributed by atoms with Gasteiger partial charge in [-0.05, 0) is 42.0 Å². The van der Waals surface area contributed by atoms with E-state index in [1.54, 1.807) is 48.5 Å². The maximum atomic E-state index is 12.5. The molecule has 1 saturated heterocycles. The molecule has 2 aromatic rings. The van der Waals surface area contributed by atoms with E-state index in [0.29, 0.717) is 22.6 Å². The zero-order valence-corrected chi connectivity index (χ0v) is 18.5. The molecule has 3 amide bonds. The summed E-state index contributed by atoms with van der Waals surface area (Å²) in [5.74, 6) is -1.11. The van der Waals surface area contributed by atoms with E-state index >= 15 is 0 Å². The van der Waals surface area contributed by atoms with Crippen molar-refractivity contribution in [3.05, 3.63) is 59.7 Å². The van der Waals surface area contributed by atoms with Crippen molar-refractivity contribution in [2.24, 2.45) is 0 Å². The average Bonchev–Trinajstić information content (AvgIpc) is 3.30. The number of rotatable bonds is 8. The van der Waals surface area contributed by atoms with Crippen LogP contribution in [0.5, 0.6) is 5.75 Å². The first-order valence-corrected chi connectivity index (χ1v) is 11.1. The number of hydrogen-bond acceptors (Lipinski definition) is 6. The Kier molecular flexibility index (Phi) is 7.78. The van der Waals surface area contributed by atoms with Crippen molar-refractivity contribution in [3.8, 4) is 5.75 Å². The fourth-order valence-corrected chi connectivity index (χ4v) is 4.37. The van der Waals surface area contributed by atoms with Gasteiger partial charge < -0.3 is 25.6 Å². The second kappa shape index (κ2) is 10.7. The predicted octanol–water partition coefficient (Wildman–Crippen LogP) is 2.11. The fourth-order valence-electron chi connectivity index (χ4n) is 3.22. The monoisotopic (exact) mass is 473 g/mol. The van der Waals surface area contributed by atoms with Crippen LogP contribution in [0.1, 0.15) is 15.9 Å². The highest BCUT2D eigenvalue weighted by molar-refractivity contribution is 7.99. The number of benzene rings is 2. The van der Waals surface area contributed by atoms with E-state index < -0.39 is 30.1 Å². The van der Waals surface area contributed by atoms with Crippen LogP contribution < -0.4 is 15.4 Å². The third-order valence-electron chi connectivity index (χ3n) is 5.05. The molecule has 0 unspecified atom stereocenters. The smallest absolute Gasteiger partial charge is 0.408 e. The molecule has 2 atom stereocenters. The summed E-state index contributed by atoms with van der Waals surface area (Å²) in [5, 5.41) is 23.9. The highest BCUT2D eigenvalue weighted by atomic mass is 32.2. The van der Waals surface area contributed by atoms with E-state index in [1.807, 2.05) is 0 Å². The summed E-state index contributed by atoms with van der Waals surface area (Å²) in [5.41, 5.74) is 1.60. The van der Waals surface area contributed by atoms with Crippen molar-refractivity contribution in [1.82, 2.24) is 10.2 Å². The highest BCUT2D eigenvalue weighted by Gasteiger charge is 2.36. The number of amides is 3. The van der Waals surface area contributed by atoms with E-state index in [-0.39, 0.29) is 24.0 Å². The summed E-state index contributed by atoms with van der Waals surface area (Å²) < 4.78 is 5.07. The van der Waals surface area contributed by atoms with Gasteiger partial charge in [-0.3, -0.25) is 14.5 Å². The lowest BCUT2D eigenvalue weighted by Crippen LogP contribution is -2.52. The van der Waals surface area contributed by atoms with E-state index in [1.165, 1.54) is 18.9 Å². The number of methoxy groups -OCH3 is 1. The Morgan fingerprint density at radius 3 is 2.33 bits per heavy atom. The first-order valence-electron chi connectivity index (χ1n) is 9.93. The molecule has 0 aromatic heterocycles. The number of aliphatic carboxylic acids is 1. The maximum Gasteiger partial charge on any atom is 0.408 e. The van der Waals surface area contributed by atoms with Crippen molar-refractivity contribution >= 4 is 41.3 Å². The number of nitrogens with zero attached hydrogens (tertiary/aromatic N) is 1. The number of carboxylic acids is 1. The standard InChI is InChI=1S/C22H23N3O7S/c1-32-16-8-4-14(5-9-16)19(26)23-15-6-2-13(3-7-15)10-17(21(28)29)24-20(27)18-11-33-12-25(18)22(30)31/h2-9,17-18H,10-12H2,1H3,(H,23,26)(H,24,27)(H,28,29)(H,30,31)/t17-,18+/m0/s1. The summed E-state index contributed by atoms with van der Waals surface area (Å²) in [4.78, 5) is 48.7. The molecule has 0 spiro atoms. The average molecular weight is 474 g/mol. The summed E-state index contributed by atoms with van der Waals surface area (Å²) in [6.07, 6.45) is -1.22. The second-order valence-corrected chi connectivity index (χ2v) is 8.25. The minimum atomic E-state index is -1.23. The van der Waals surface area contributed by atoms with Crippen molar-refractivity contribution in [1.29, 1.82) is 0 Å². The van der Waals surface area contributed by atoms with Gasteiger partial charge in [-0.2, -0.15) is 0 Å². The van der Waals surface area contributed by atoms with Crippen LogP contribution in [0.2, 0.25) is 0 Å². The zero-order chi connectivity index (χ0) is 24.0. The van der Waals surface area contributed by atoms with Crippen LogP contribution in [0.25, 0.3) is 0 Å². The number of nitrogens with one attached hydrogen (secondary N) is 2. The summed E-state index contributed by atoms with van der Waals surface area (Å²) in [7, 11) is 1.54. The molecule has 0 aliphatic carbocycles. The molecule has 10 nitrogen and oxygen atoms in total. The predicted molar refractivity (Wildman–Crippen MR) is 122 cm³/mol. The maximum absolute atomic E-state index is 12.5. The van der Waals surface area contributed by atoms with Crippen LogP contribution in [0.3, 0.4) is 0 Å². The Hall–Kier alpha value is -3.73. The van der Waals surface area contributed by atoms with Gasteiger partial charge in [0.15, 0.2) is 0 Å². The molecule has 11 heteroatoms. The Labute approximate surface area is 193 Å². The molecule has 0 bridgehead atoms. The van der Waals surface area contributed by atoms with Crippen molar-refractivity contribution in [2.45, 2.75) is 18.5 Å². The van der Waals surface area contributed by atoms with E-state index in [9.17, 15) is 29.4 Å². The number of thioether (sulfide) groups is 1. The minimum Gasteiger partial charge on any atom is -0.497 e. The first kappa shape index (κ1) is 23.9. The van der Waals surface area contributed by atoms with E-state index in [4.69, 9.17) is 4.74 Å². The number of carboxylic acid groups (broad SMARTS) is 2. The molecular formula is C22H23N3O7S. The van der Waals surface area contributed by atoms with Crippen LogP contribution >= 0.6 is 11.8 Å². The van der Waals surface area contributed by atoms with Gasteiger partial charge in [0, 0.05) is 23.4 Å². The fraction of sp³-hybridized carbons (Fsp3) is 0.273. The van der Waals surface area contributed by atoms with Crippen molar-refractivity contribution < 1.29 is 34.1 Å². The molecule has 33 heavy (non-hydrogen) atoms. The molecule has 1 heterocycles. The number of ether oxygens (including phenoxy) is 1. The summed E-state index contributed by atoms with van der Waals surface area (Å²) in [6, 6.07) is 11.1. The number of carbonyl (C=O) groups is 4. The molecule has 174 valence electrons. The molecule has 1 aliphatic rings. The van der Waals surface area contributed by atoms with E-state index in [2.05, 4.69) is 10.6 Å². The van der Waals surface area contributed by atoms with Crippen LogP contribution in [0.4, 0.5) is 10.5 Å². The largest absolute Gasteiger partial charge is 0.497 e. The lowest BCUT2D eigenvalue weighted by atomic mass is 10.0. The molecule has 1 fully saturated rings. The van der Waals surface area contributed by atoms with Gasteiger partial charge in [0.1, 0.15) is 17.8 Å². The lowest BCUT2D eigenvalue weighted by molar-refractivity contribution is -0.142. The van der Waals surface area contributed by atoms with Crippen LogP contribution in [0, 0.1) is 0 Å². The molecule has 4 N–H and O–H groups in total. The zero-order valence-electron chi connectivity index (χ0n) is 17.7. The van der Waals surface area contributed by atoms with Crippen LogP contribution in [-0.2, 0) is 16.0 Å². The van der Waals surface area contributed by atoms with Gasteiger partial charge in [0.2, 0.25) is 5.91 Å². The second-order valence-electron chi connectivity index (χ2n) is 7.25. The Morgan fingerprint density at radius 1 is 1.09 bits per heavy atom. The quantitative estimate of drug-likeness (QED) is 0.456. The normalized spacial score (nSPS) is 16.0. The molecule has 3 rings (SSSR count). The number of anilines is 1. The van der Waals surface area contributed by atoms with Gasteiger partial charge in [-0.25, -0.2) is 9.59 Å². The third-order valence-corrected chi connectivity index (χ3v) is 6.06. The lowest BCUT2D eigenvalue weighted by Gasteiger charge is -2.22.